The molecule has 104 valence electrons. The zero-order valence-corrected chi connectivity index (χ0v) is 11.3. The lowest BCUT2D eigenvalue weighted by atomic mass is 10.0. The maximum atomic E-state index is 11.1. The molecule has 0 spiro atoms. The molecule has 0 bridgehead atoms. The zero-order valence-electron chi connectivity index (χ0n) is 11.3. The highest BCUT2D eigenvalue weighted by atomic mass is 16.4. The molecule has 2 N–H and O–H groups in total. The number of hydrogen-bond donors (Lipinski definition) is 2. The van der Waals surface area contributed by atoms with E-state index in [0.29, 0.717) is 5.69 Å². The highest BCUT2D eigenvalue weighted by Gasteiger charge is 2.13. The fraction of sp³-hybridized carbons (Fsp3) is 0.0588. The largest absolute Gasteiger partial charge is 0.478 e. The molecule has 0 amide bonds. The molecule has 4 nitrogen and oxygen atoms in total. The summed E-state index contributed by atoms with van der Waals surface area (Å²) in [7, 11) is 0. The van der Waals surface area contributed by atoms with Crippen LogP contribution in [0.25, 0.3) is 11.3 Å². The minimum atomic E-state index is -0.980. The van der Waals surface area contributed by atoms with Crippen molar-refractivity contribution in [2.24, 2.45) is 0 Å². The van der Waals surface area contributed by atoms with Gasteiger partial charge in [-0.05, 0) is 17.5 Å². The molecule has 1 heterocycles. The van der Waals surface area contributed by atoms with Crippen LogP contribution in [0.2, 0.25) is 0 Å². The van der Waals surface area contributed by atoms with Crippen molar-refractivity contribution in [1.82, 2.24) is 10.2 Å². The van der Waals surface area contributed by atoms with E-state index in [-0.39, 0.29) is 5.56 Å². The number of carboxylic acids is 1. The summed E-state index contributed by atoms with van der Waals surface area (Å²) in [4.78, 5) is 11.1. The number of aromatic nitrogens is 2. The van der Waals surface area contributed by atoms with E-state index >= 15 is 0 Å². The summed E-state index contributed by atoms with van der Waals surface area (Å²) < 4.78 is 0. The summed E-state index contributed by atoms with van der Waals surface area (Å²) in [5, 5.41) is 15.7. The molecule has 3 rings (SSSR count). The molecule has 0 saturated heterocycles. The Morgan fingerprint density at radius 3 is 2.33 bits per heavy atom. The number of rotatable bonds is 4. The number of aromatic carboxylic acids is 1. The normalized spacial score (nSPS) is 10.5. The summed E-state index contributed by atoms with van der Waals surface area (Å²) in [6.45, 7) is 0. The third-order valence-electron chi connectivity index (χ3n) is 3.36. The smallest absolute Gasteiger partial charge is 0.339 e. The number of aromatic amines is 1. The van der Waals surface area contributed by atoms with E-state index in [0.717, 1.165) is 12.0 Å². The van der Waals surface area contributed by atoms with Crippen molar-refractivity contribution in [3.8, 4) is 11.3 Å². The number of benzene rings is 2. The Bertz CT molecular complexity index is 746. The minimum Gasteiger partial charge on any atom is -0.478 e. The van der Waals surface area contributed by atoms with Crippen LogP contribution in [0.3, 0.4) is 0 Å². The molecule has 0 unspecified atom stereocenters. The van der Waals surface area contributed by atoms with Crippen molar-refractivity contribution >= 4 is 5.97 Å². The van der Waals surface area contributed by atoms with Gasteiger partial charge in [0.2, 0.25) is 0 Å². The Morgan fingerprint density at radius 2 is 1.67 bits per heavy atom. The Morgan fingerprint density at radius 1 is 1.00 bits per heavy atom. The van der Waals surface area contributed by atoms with Crippen LogP contribution >= 0.6 is 0 Å². The van der Waals surface area contributed by atoms with Crippen LogP contribution in [-0.4, -0.2) is 21.3 Å². The number of hydrogen-bond acceptors (Lipinski definition) is 2. The third-order valence-corrected chi connectivity index (χ3v) is 3.36. The van der Waals surface area contributed by atoms with Gasteiger partial charge in [0, 0.05) is 5.56 Å². The second-order valence-corrected chi connectivity index (χ2v) is 4.82. The molecule has 0 atom stereocenters. The van der Waals surface area contributed by atoms with Gasteiger partial charge in [0.1, 0.15) is 5.56 Å². The van der Waals surface area contributed by atoms with Crippen LogP contribution in [-0.2, 0) is 6.42 Å². The maximum absolute atomic E-state index is 11.1. The van der Waals surface area contributed by atoms with Crippen LogP contribution in [0, 0.1) is 0 Å². The van der Waals surface area contributed by atoms with E-state index in [4.69, 9.17) is 5.11 Å². The highest BCUT2D eigenvalue weighted by molar-refractivity contribution is 5.94. The van der Waals surface area contributed by atoms with Gasteiger partial charge in [-0.15, -0.1) is 0 Å². The average molecular weight is 278 g/mol. The summed E-state index contributed by atoms with van der Waals surface area (Å²) >= 11 is 0. The number of nitrogens with one attached hydrogen (secondary N) is 1. The predicted octanol–water partition coefficient (Wildman–Crippen LogP) is 3.37. The lowest BCUT2D eigenvalue weighted by molar-refractivity contribution is 0.0698. The van der Waals surface area contributed by atoms with Gasteiger partial charge in [-0.25, -0.2) is 4.79 Å². The van der Waals surface area contributed by atoms with Gasteiger partial charge < -0.3 is 5.11 Å². The van der Waals surface area contributed by atoms with E-state index in [1.54, 1.807) is 0 Å². The number of nitrogens with zero attached hydrogens (tertiary/aromatic N) is 1. The summed E-state index contributed by atoms with van der Waals surface area (Å²) in [6, 6.07) is 18.1. The van der Waals surface area contributed by atoms with Gasteiger partial charge in [-0.2, -0.15) is 5.10 Å². The van der Waals surface area contributed by atoms with Crippen molar-refractivity contribution in [1.29, 1.82) is 0 Å². The quantitative estimate of drug-likeness (QED) is 0.769. The molecule has 1 aromatic heterocycles. The van der Waals surface area contributed by atoms with Crippen LogP contribution in [0.1, 0.15) is 21.5 Å². The van der Waals surface area contributed by atoms with Crippen molar-refractivity contribution in [2.45, 2.75) is 6.42 Å². The van der Waals surface area contributed by atoms with E-state index in [2.05, 4.69) is 22.3 Å². The van der Waals surface area contributed by atoms with Crippen molar-refractivity contribution < 1.29 is 9.90 Å². The Labute approximate surface area is 122 Å². The van der Waals surface area contributed by atoms with Crippen LogP contribution in [0.4, 0.5) is 0 Å². The lowest BCUT2D eigenvalue weighted by Gasteiger charge is -2.04. The second-order valence-electron chi connectivity index (χ2n) is 4.82. The van der Waals surface area contributed by atoms with Crippen molar-refractivity contribution in [2.75, 3.05) is 0 Å². The van der Waals surface area contributed by atoms with Crippen LogP contribution in [0.15, 0.2) is 60.8 Å². The van der Waals surface area contributed by atoms with Gasteiger partial charge in [-0.3, -0.25) is 5.10 Å². The first-order chi connectivity index (χ1) is 10.2. The number of carboxylic acid groups (broad SMARTS) is 1. The molecular formula is C17H14N2O2. The second kappa shape index (κ2) is 5.63. The average Bonchev–Trinajstić information content (AvgIpc) is 2.99. The third kappa shape index (κ3) is 2.84. The molecule has 2 aromatic carbocycles. The lowest BCUT2D eigenvalue weighted by Crippen LogP contribution is -1.97. The Balaban J connectivity index is 1.84. The molecule has 0 fully saturated rings. The molecule has 0 aliphatic carbocycles. The summed E-state index contributed by atoms with van der Waals surface area (Å²) in [6.07, 6.45) is 2.19. The van der Waals surface area contributed by atoms with Crippen molar-refractivity contribution in [3.63, 3.8) is 0 Å². The fourth-order valence-electron chi connectivity index (χ4n) is 2.29. The van der Waals surface area contributed by atoms with E-state index in [1.807, 2.05) is 42.5 Å². The molecule has 4 heteroatoms. The molecule has 21 heavy (non-hydrogen) atoms. The molecule has 0 aliphatic heterocycles. The topological polar surface area (TPSA) is 66.0 Å². The minimum absolute atomic E-state index is 0.186. The van der Waals surface area contributed by atoms with Gasteiger partial charge in [0.05, 0.1) is 11.9 Å². The van der Waals surface area contributed by atoms with Crippen LogP contribution < -0.4 is 0 Å². The Hall–Kier alpha value is -2.88. The molecule has 0 aliphatic rings. The standard InChI is InChI=1S/C17H14N2O2/c20-17(21)15-11-18-19-16(15)14-8-6-13(7-9-14)10-12-4-2-1-3-5-12/h1-9,11H,10H2,(H,18,19)(H,20,21). The monoisotopic (exact) mass is 278 g/mol. The molecule has 3 aromatic rings. The van der Waals surface area contributed by atoms with E-state index < -0.39 is 5.97 Å². The zero-order chi connectivity index (χ0) is 14.7. The molecule has 0 radical (unpaired) electrons. The summed E-state index contributed by atoms with van der Waals surface area (Å²) in [5.74, 6) is -0.980. The van der Waals surface area contributed by atoms with Gasteiger partial charge >= 0.3 is 5.97 Å². The van der Waals surface area contributed by atoms with E-state index in [1.165, 1.54) is 17.3 Å². The molecular weight excluding hydrogens is 264 g/mol. The SMILES string of the molecule is O=C(O)c1cn[nH]c1-c1ccc(Cc2ccccc2)cc1. The first kappa shape index (κ1) is 13.1. The van der Waals surface area contributed by atoms with Gasteiger partial charge in [0.25, 0.3) is 0 Å². The fourth-order valence-corrected chi connectivity index (χ4v) is 2.29. The van der Waals surface area contributed by atoms with E-state index in [9.17, 15) is 4.79 Å². The van der Waals surface area contributed by atoms with Gasteiger partial charge in [-0.1, -0.05) is 54.6 Å². The first-order valence-electron chi connectivity index (χ1n) is 6.64. The predicted molar refractivity (Wildman–Crippen MR) is 80.2 cm³/mol. The highest BCUT2D eigenvalue weighted by Crippen LogP contribution is 2.22. The van der Waals surface area contributed by atoms with Gasteiger partial charge in [0.15, 0.2) is 0 Å². The van der Waals surface area contributed by atoms with Crippen molar-refractivity contribution in [3.05, 3.63) is 77.5 Å². The number of H-pyrrole nitrogens is 1. The number of carbonyl (C=O) groups is 1. The van der Waals surface area contributed by atoms with Crippen LogP contribution in [0.5, 0.6) is 0 Å². The first-order valence-corrected chi connectivity index (χ1v) is 6.64. The molecule has 0 saturated carbocycles. The maximum Gasteiger partial charge on any atom is 0.339 e. The Kier molecular flexibility index (Phi) is 3.51. The summed E-state index contributed by atoms with van der Waals surface area (Å²) in [5.41, 5.74) is 3.97.